The second kappa shape index (κ2) is 11.2. The monoisotopic (exact) mass is 672 g/mol. The number of aromatic nitrogens is 2. The summed E-state index contributed by atoms with van der Waals surface area (Å²) in [6.45, 7) is 1.82. The number of furan rings is 1. The summed E-state index contributed by atoms with van der Waals surface area (Å²) in [5.41, 5.74) is 6.50. The van der Waals surface area contributed by atoms with Crippen LogP contribution < -0.4 is 20.8 Å². The summed E-state index contributed by atoms with van der Waals surface area (Å²) in [5, 5.41) is 6.21. The standard InChI is InChI=1S/C27H19Br2ClN4O5/c1-2-37-20-11-15(23(28)24(29)25(20)38-13-22(31)35)12-32-34-26(33-18-6-4-3-5-17(18)27(34)36)21-10-14-9-16(30)7-8-19(14)39-21/h3-12H,2,13H2,1H3,(H2,31,35). The zero-order chi connectivity index (χ0) is 27.7. The predicted molar refractivity (Wildman–Crippen MR) is 157 cm³/mol. The van der Waals surface area contributed by atoms with Crippen molar-refractivity contribution in [3.63, 3.8) is 0 Å². The Morgan fingerprint density at radius 1 is 1.15 bits per heavy atom. The molecule has 0 aliphatic heterocycles. The molecule has 2 heterocycles. The third kappa shape index (κ3) is 5.42. The summed E-state index contributed by atoms with van der Waals surface area (Å²) >= 11 is 13.2. The molecule has 0 saturated heterocycles. The number of fused-ring (bicyclic) bond motifs is 2. The number of amides is 1. The Balaban J connectivity index is 1.67. The van der Waals surface area contributed by atoms with E-state index in [1.54, 1.807) is 54.6 Å². The number of para-hydroxylation sites is 1. The molecule has 0 bridgehead atoms. The fourth-order valence-corrected chi connectivity index (χ4v) is 4.99. The minimum atomic E-state index is -0.630. The average molecular weight is 675 g/mol. The fourth-order valence-electron chi connectivity index (χ4n) is 3.87. The van der Waals surface area contributed by atoms with Crippen molar-refractivity contribution >= 4 is 77.5 Å². The first-order chi connectivity index (χ1) is 18.8. The van der Waals surface area contributed by atoms with E-state index < -0.39 is 5.91 Å². The van der Waals surface area contributed by atoms with Crippen LogP contribution in [0, 0.1) is 0 Å². The number of hydrogen-bond donors (Lipinski definition) is 1. The molecule has 198 valence electrons. The molecule has 2 aromatic heterocycles. The van der Waals surface area contributed by atoms with Crippen molar-refractivity contribution in [3.8, 4) is 23.1 Å². The number of carbonyl (C=O) groups is 1. The minimum absolute atomic E-state index is 0.212. The summed E-state index contributed by atoms with van der Waals surface area (Å²) in [6.07, 6.45) is 1.48. The Labute approximate surface area is 243 Å². The van der Waals surface area contributed by atoms with Crippen LogP contribution in [-0.2, 0) is 4.79 Å². The summed E-state index contributed by atoms with van der Waals surface area (Å²) in [7, 11) is 0. The van der Waals surface area contributed by atoms with Gasteiger partial charge in [0.25, 0.3) is 11.5 Å². The van der Waals surface area contributed by atoms with Crippen molar-refractivity contribution in [2.45, 2.75) is 6.92 Å². The number of halogens is 3. The molecule has 0 aliphatic carbocycles. The van der Waals surface area contributed by atoms with Gasteiger partial charge in [0, 0.05) is 20.4 Å². The van der Waals surface area contributed by atoms with Gasteiger partial charge in [-0.3, -0.25) is 9.59 Å². The Bertz CT molecular complexity index is 1830. The van der Waals surface area contributed by atoms with Crippen molar-refractivity contribution in [2.24, 2.45) is 10.8 Å². The molecule has 0 saturated carbocycles. The maximum Gasteiger partial charge on any atom is 0.282 e. The van der Waals surface area contributed by atoms with Gasteiger partial charge in [-0.05, 0) is 81.2 Å². The highest BCUT2D eigenvalue weighted by Gasteiger charge is 2.19. The molecule has 39 heavy (non-hydrogen) atoms. The number of nitrogens with two attached hydrogens (primary N) is 1. The molecule has 5 rings (SSSR count). The molecular formula is C27H19Br2ClN4O5. The summed E-state index contributed by atoms with van der Waals surface area (Å²) in [6, 6.07) is 15.7. The van der Waals surface area contributed by atoms with Crippen molar-refractivity contribution in [3.05, 3.63) is 84.5 Å². The van der Waals surface area contributed by atoms with E-state index in [1.165, 1.54) is 10.9 Å². The third-order valence-corrected chi connectivity index (χ3v) is 7.96. The van der Waals surface area contributed by atoms with E-state index >= 15 is 0 Å². The van der Waals surface area contributed by atoms with Gasteiger partial charge < -0.3 is 19.6 Å². The number of primary amides is 1. The van der Waals surface area contributed by atoms with E-state index in [2.05, 4.69) is 37.0 Å². The normalized spacial score (nSPS) is 11.5. The molecule has 0 unspecified atom stereocenters. The van der Waals surface area contributed by atoms with Crippen LogP contribution in [0.5, 0.6) is 11.5 Å². The van der Waals surface area contributed by atoms with Crippen LogP contribution in [0.1, 0.15) is 12.5 Å². The lowest BCUT2D eigenvalue weighted by Crippen LogP contribution is -2.21. The molecule has 2 N–H and O–H groups in total. The van der Waals surface area contributed by atoms with Crippen LogP contribution in [-0.4, -0.2) is 35.0 Å². The van der Waals surface area contributed by atoms with Gasteiger partial charge in [0.2, 0.25) is 5.82 Å². The number of benzene rings is 3. The molecule has 5 aromatic rings. The van der Waals surface area contributed by atoms with Crippen molar-refractivity contribution in [2.75, 3.05) is 13.2 Å². The van der Waals surface area contributed by atoms with Crippen molar-refractivity contribution in [1.82, 2.24) is 9.66 Å². The van der Waals surface area contributed by atoms with Gasteiger partial charge in [-0.2, -0.15) is 9.78 Å². The van der Waals surface area contributed by atoms with E-state index in [1.807, 2.05) is 6.92 Å². The Morgan fingerprint density at radius 3 is 2.72 bits per heavy atom. The van der Waals surface area contributed by atoms with Crippen LogP contribution in [0.3, 0.4) is 0 Å². The highest BCUT2D eigenvalue weighted by Crippen LogP contribution is 2.42. The lowest BCUT2D eigenvalue weighted by atomic mass is 10.2. The Kier molecular flexibility index (Phi) is 7.74. The minimum Gasteiger partial charge on any atom is -0.490 e. The Morgan fingerprint density at radius 2 is 1.95 bits per heavy atom. The van der Waals surface area contributed by atoms with Crippen molar-refractivity contribution in [1.29, 1.82) is 0 Å². The van der Waals surface area contributed by atoms with E-state index in [9.17, 15) is 9.59 Å². The maximum absolute atomic E-state index is 13.6. The summed E-state index contributed by atoms with van der Waals surface area (Å²) in [4.78, 5) is 29.5. The zero-order valence-electron chi connectivity index (χ0n) is 20.3. The second-order valence-electron chi connectivity index (χ2n) is 8.22. The molecule has 0 aliphatic rings. The molecule has 0 radical (unpaired) electrons. The number of nitrogens with zero attached hydrogens (tertiary/aromatic N) is 3. The maximum atomic E-state index is 13.6. The van der Waals surface area contributed by atoms with Gasteiger partial charge in [-0.15, -0.1) is 0 Å². The predicted octanol–water partition coefficient (Wildman–Crippen LogP) is 6.13. The molecule has 0 spiro atoms. The van der Waals surface area contributed by atoms with E-state index in [0.29, 0.717) is 59.9 Å². The zero-order valence-corrected chi connectivity index (χ0v) is 24.2. The number of rotatable bonds is 8. The van der Waals surface area contributed by atoms with Crippen LogP contribution in [0.15, 0.2) is 77.9 Å². The lowest BCUT2D eigenvalue weighted by molar-refractivity contribution is -0.119. The summed E-state index contributed by atoms with van der Waals surface area (Å²) in [5.74, 6) is 0.579. The lowest BCUT2D eigenvalue weighted by Gasteiger charge is -2.15. The van der Waals surface area contributed by atoms with E-state index in [0.717, 1.165) is 5.39 Å². The van der Waals surface area contributed by atoms with Crippen LogP contribution in [0.25, 0.3) is 33.5 Å². The average Bonchev–Trinajstić information content (AvgIpc) is 3.33. The number of hydrogen-bond acceptors (Lipinski definition) is 7. The van der Waals surface area contributed by atoms with E-state index in [4.69, 9.17) is 36.2 Å². The Hall–Kier alpha value is -3.67. The SMILES string of the molecule is CCOc1cc(C=Nn2c(-c3cc4cc(Cl)ccc4o3)nc3ccccc3c2=O)c(Br)c(Br)c1OCC(N)=O. The highest BCUT2D eigenvalue weighted by molar-refractivity contribution is 9.13. The van der Waals surface area contributed by atoms with Gasteiger partial charge >= 0.3 is 0 Å². The molecule has 3 aromatic carbocycles. The fraction of sp³-hybridized carbons (Fsp3) is 0.111. The molecular weight excluding hydrogens is 656 g/mol. The first-order valence-electron chi connectivity index (χ1n) is 11.6. The van der Waals surface area contributed by atoms with Crippen LogP contribution in [0.4, 0.5) is 0 Å². The first-order valence-corrected chi connectivity index (χ1v) is 13.5. The van der Waals surface area contributed by atoms with Crippen LogP contribution in [0.2, 0.25) is 5.02 Å². The number of carbonyl (C=O) groups excluding carboxylic acids is 1. The quantitative estimate of drug-likeness (QED) is 0.198. The van der Waals surface area contributed by atoms with Gasteiger partial charge in [0.05, 0.1) is 28.2 Å². The molecule has 0 fully saturated rings. The largest absolute Gasteiger partial charge is 0.490 e. The topological polar surface area (TPSA) is 122 Å². The van der Waals surface area contributed by atoms with Gasteiger partial charge in [0.1, 0.15) is 5.58 Å². The van der Waals surface area contributed by atoms with Crippen LogP contribution >= 0.6 is 43.5 Å². The summed E-state index contributed by atoms with van der Waals surface area (Å²) < 4.78 is 19.5. The highest BCUT2D eigenvalue weighted by atomic mass is 79.9. The third-order valence-electron chi connectivity index (χ3n) is 5.58. The van der Waals surface area contributed by atoms with Gasteiger partial charge in [-0.25, -0.2) is 4.98 Å². The van der Waals surface area contributed by atoms with Crippen molar-refractivity contribution < 1.29 is 18.7 Å². The van der Waals surface area contributed by atoms with Gasteiger partial charge in [-0.1, -0.05) is 23.7 Å². The molecule has 12 heteroatoms. The number of ether oxygens (including phenoxy) is 2. The first kappa shape index (κ1) is 26.9. The molecule has 0 atom stereocenters. The molecule has 9 nitrogen and oxygen atoms in total. The second-order valence-corrected chi connectivity index (χ2v) is 10.2. The smallest absolute Gasteiger partial charge is 0.282 e. The molecule has 1 amide bonds. The van der Waals surface area contributed by atoms with E-state index in [-0.39, 0.29) is 18.0 Å². The van der Waals surface area contributed by atoms with Gasteiger partial charge in [0.15, 0.2) is 23.9 Å².